The van der Waals surface area contributed by atoms with Crippen molar-refractivity contribution in [3.05, 3.63) is 0 Å². The molecule has 2 aliphatic heterocycles. The Morgan fingerprint density at radius 3 is 2.39 bits per heavy atom. The standard InChI is InChI=1S/C18H34N2O2S/c1-14(13-23-4)18(21)20-9-6-17(7-10-20)5-8-19-11-15(2)22-16(3)12-19/h14-17H,5-13H2,1-4H3/t14-,15-,16+/m1/s1. The van der Waals surface area contributed by atoms with E-state index in [0.717, 1.165) is 37.8 Å². The SMILES string of the molecule is CSC[C@@H](C)C(=O)N1CCC(CCN2C[C@@H](C)O[C@@H](C)C2)CC1. The van der Waals surface area contributed by atoms with Crippen LogP contribution in [0.5, 0.6) is 0 Å². The predicted molar refractivity (Wildman–Crippen MR) is 97.9 cm³/mol. The molecule has 0 unspecified atom stereocenters. The largest absolute Gasteiger partial charge is 0.373 e. The van der Waals surface area contributed by atoms with Crippen LogP contribution in [0.25, 0.3) is 0 Å². The van der Waals surface area contributed by atoms with Crippen molar-refractivity contribution in [3.8, 4) is 0 Å². The molecule has 0 aliphatic carbocycles. The van der Waals surface area contributed by atoms with E-state index < -0.39 is 0 Å². The number of morpholine rings is 1. The molecular weight excluding hydrogens is 308 g/mol. The topological polar surface area (TPSA) is 32.8 Å². The van der Waals surface area contributed by atoms with Crippen LogP contribution in [0.3, 0.4) is 0 Å². The first-order valence-corrected chi connectivity index (χ1v) is 10.5. The van der Waals surface area contributed by atoms with Gasteiger partial charge in [0.1, 0.15) is 0 Å². The summed E-state index contributed by atoms with van der Waals surface area (Å²) in [6.45, 7) is 11.6. The van der Waals surface area contributed by atoms with Crippen LogP contribution in [-0.2, 0) is 9.53 Å². The molecule has 0 bridgehead atoms. The Hall–Kier alpha value is -0.260. The number of carbonyl (C=O) groups excluding carboxylic acids is 1. The maximum absolute atomic E-state index is 12.4. The van der Waals surface area contributed by atoms with Crippen molar-refractivity contribution in [3.63, 3.8) is 0 Å². The van der Waals surface area contributed by atoms with E-state index in [2.05, 4.69) is 36.8 Å². The van der Waals surface area contributed by atoms with Crippen LogP contribution in [0, 0.1) is 11.8 Å². The van der Waals surface area contributed by atoms with Crippen molar-refractivity contribution < 1.29 is 9.53 Å². The van der Waals surface area contributed by atoms with Crippen molar-refractivity contribution in [1.29, 1.82) is 0 Å². The van der Waals surface area contributed by atoms with Gasteiger partial charge in [-0.3, -0.25) is 9.69 Å². The van der Waals surface area contributed by atoms with E-state index in [1.165, 1.54) is 25.8 Å². The van der Waals surface area contributed by atoms with Gasteiger partial charge in [0.2, 0.25) is 5.91 Å². The smallest absolute Gasteiger partial charge is 0.226 e. The third-order valence-electron chi connectivity index (χ3n) is 5.11. The summed E-state index contributed by atoms with van der Waals surface area (Å²) in [5, 5.41) is 0. The molecule has 1 amide bonds. The van der Waals surface area contributed by atoms with Crippen LogP contribution in [0.1, 0.15) is 40.0 Å². The van der Waals surface area contributed by atoms with E-state index in [-0.39, 0.29) is 5.92 Å². The minimum absolute atomic E-state index is 0.165. The van der Waals surface area contributed by atoms with E-state index in [0.29, 0.717) is 18.1 Å². The number of amides is 1. The molecule has 0 N–H and O–H groups in total. The molecule has 2 aliphatic rings. The molecule has 0 aromatic heterocycles. The van der Waals surface area contributed by atoms with E-state index in [9.17, 15) is 4.79 Å². The molecular formula is C18H34N2O2S. The van der Waals surface area contributed by atoms with Gasteiger partial charge in [-0.1, -0.05) is 6.92 Å². The second-order valence-electron chi connectivity index (χ2n) is 7.43. The Morgan fingerprint density at radius 1 is 1.22 bits per heavy atom. The van der Waals surface area contributed by atoms with Crippen molar-refractivity contribution in [2.75, 3.05) is 44.7 Å². The zero-order valence-corrected chi connectivity index (χ0v) is 16.1. The quantitative estimate of drug-likeness (QED) is 0.743. The summed E-state index contributed by atoms with van der Waals surface area (Å²) in [4.78, 5) is 17.0. The zero-order chi connectivity index (χ0) is 16.8. The van der Waals surface area contributed by atoms with E-state index in [1.54, 1.807) is 11.8 Å². The highest BCUT2D eigenvalue weighted by atomic mass is 32.2. The molecule has 2 fully saturated rings. The van der Waals surface area contributed by atoms with Gasteiger partial charge in [0.25, 0.3) is 0 Å². The van der Waals surface area contributed by atoms with Gasteiger partial charge in [-0.05, 0) is 51.8 Å². The number of hydrogen-bond acceptors (Lipinski definition) is 4. The first kappa shape index (κ1) is 19.1. The second kappa shape index (κ2) is 9.28. The van der Waals surface area contributed by atoms with Crippen LogP contribution in [0.2, 0.25) is 0 Å². The fraction of sp³-hybridized carbons (Fsp3) is 0.944. The van der Waals surface area contributed by atoms with Crippen LogP contribution < -0.4 is 0 Å². The lowest BCUT2D eigenvalue weighted by Gasteiger charge is -2.37. The Balaban J connectivity index is 1.67. The summed E-state index contributed by atoms with van der Waals surface area (Å²) in [6.07, 6.45) is 6.40. The fourth-order valence-electron chi connectivity index (χ4n) is 3.91. The van der Waals surface area contributed by atoms with Crippen LogP contribution in [0.4, 0.5) is 0 Å². The normalized spacial score (nSPS) is 28.8. The molecule has 3 atom stereocenters. The number of rotatable bonds is 6. The van der Waals surface area contributed by atoms with E-state index in [1.807, 2.05) is 0 Å². The number of carbonyl (C=O) groups is 1. The molecule has 2 rings (SSSR count). The summed E-state index contributed by atoms with van der Waals surface area (Å²) in [7, 11) is 0. The summed E-state index contributed by atoms with van der Waals surface area (Å²) in [5.74, 6) is 2.24. The second-order valence-corrected chi connectivity index (χ2v) is 8.34. The minimum atomic E-state index is 0.165. The maximum atomic E-state index is 12.4. The molecule has 0 spiro atoms. The number of likely N-dealkylation sites (tertiary alicyclic amines) is 1. The van der Waals surface area contributed by atoms with Crippen molar-refractivity contribution in [2.24, 2.45) is 11.8 Å². The zero-order valence-electron chi connectivity index (χ0n) is 15.3. The van der Waals surface area contributed by atoms with Gasteiger partial charge < -0.3 is 9.64 Å². The van der Waals surface area contributed by atoms with Crippen molar-refractivity contribution in [2.45, 2.75) is 52.2 Å². The van der Waals surface area contributed by atoms with Gasteiger partial charge in [-0.2, -0.15) is 11.8 Å². The van der Waals surface area contributed by atoms with Crippen LogP contribution >= 0.6 is 11.8 Å². The molecule has 2 heterocycles. The molecule has 134 valence electrons. The molecule has 23 heavy (non-hydrogen) atoms. The molecule has 0 saturated carbocycles. The summed E-state index contributed by atoms with van der Waals surface area (Å²) < 4.78 is 5.80. The van der Waals surface area contributed by atoms with Crippen LogP contribution in [0.15, 0.2) is 0 Å². The first-order chi connectivity index (χ1) is 11.0. The Morgan fingerprint density at radius 2 is 1.83 bits per heavy atom. The van der Waals surface area contributed by atoms with Gasteiger partial charge in [0, 0.05) is 37.8 Å². The fourth-order valence-corrected chi connectivity index (χ4v) is 4.55. The number of thioether (sulfide) groups is 1. The number of ether oxygens (including phenoxy) is 1. The number of piperidine rings is 1. The molecule has 0 aromatic carbocycles. The average molecular weight is 343 g/mol. The number of hydrogen-bond donors (Lipinski definition) is 0. The lowest BCUT2D eigenvalue weighted by molar-refractivity contribution is -0.135. The molecule has 4 nitrogen and oxygen atoms in total. The molecule has 2 saturated heterocycles. The Labute approximate surface area is 146 Å². The first-order valence-electron chi connectivity index (χ1n) is 9.15. The Bertz CT molecular complexity index is 362. The van der Waals surface area contributed by atoms with Gasteiger partial charge in [0.05, 0.1) is 12.2 Å². The van der Waals surface area contributed by atoms with E-state index in [4.69, 9.17) is 4.74 Å². The van der Waals surface area contributed by atoms with Gasteiger partial charge in [-0.15, -0.1) is 0 Å². The molecule has 0 aromatic rings. The lowest BCUT2D eigenvalue weighted by Crippen LogP contribution is -2.46. The molecule has 5 heteroatoms. The lowest BCUT2D eigenvalue weighted by atomic mass is 9.92. The maximum Gasteiger partial charge on any atom is 0.226 e. The minimum Gasteiger partial charge on any atom is -0.373 e. The van der Waals surface area contributed by atoms with Crippen molar-refractivity contribution >= 4 is 17.7 Å². The van der Waals surface area contributed by atoms with E-state index >= 15 is 0 Å². The highest BCUT2D eigenvalue weighted by molar-refractivity contribution is 7.98. The summed E-state index contributed by atoms with van der Waals surface area (Å²) in [5.41, 5.74) is 0. The van der Waals surface area contributed by atoms with Gasteiger partial charge in [0.15, 0.2) is 0 Å². The number of nitrogens with zero attached hydrogens (tertiary/aromatic N) is 2. The highest BCUT2D eigenvalue weighted by Crippen LogP contribution is 2.23. The monoisotopic (exact) mass is 342 g/mol. The summed E-state index contributed by atoms with van der Waals surface area (Å²) >= 11 is 1.76. The van der Waals surface area contributed by atoms with Crippen LogP contribution in [-0.4, -0.2) is 72.6 Å². The average Bonchev–Trinajstić information content (AvgIpc) is 2.52. The van der Waals surface area contributed by atoms with Gasteiger partial charge >= 0.3 is 0 Å². The molecule has 0 radical (unpaired) electrons. The predicted octanol–water partition coefficient (Wildman–Crippen LogP) is 2.72. The van der Waals surface area contributed by atoms with Gasteiger partial charge in [-0.25, -0.2) is 0 Å². The summed E-state index contributed by atoms with van der Waals surface area (Å²) in [6, 6.07) is 0. The Kier molecular flexibility index (Phi) is 7.70. The van der Waals surface area contributed by atoms with Crippen molar-refractivity contribution in [1.82, 2.24) is 9.80 Å². The highest BCUT2D eigenvalue weighted by Gasteiger charge is 2.27. The third-order valence-corrected chi connectivity index (χ3v) is 5.95. The third kappa shape index (κ3) is 5.95.